The van der Waals surface area contributed by atoms with Crippen molar-refractivity contribution in [1.82, 2.24) is 10.2 Å². The Morgan fingerprint density at radius 1 is 1.18 bits per heavy atom. The fourth-order valence-corrected chi connectivity index (χ4v) is 2.13. The van der Waals surface area contributed by atoms with Crippen LogP contribution in [0.3, 0.4) is 0 Å². The molecule has 5 heteroatoms. The average Bonchev–Trinajstić information content (AvgIpc) is 2.51. The molecule has 122 valence electrons. The first-order valence-corrected chi connectivity index (χ1v) is 7.72. The summed E-state index contributed by atoms with van der Waals surface area (Å²) in [5.74, 6) is 0.894. The lowest BCUT2D eigenvalue weighted by Crippen LogP contribution is -2.38. The first-order chi connectivity index (χ1) is 10.6. The zero-order valence-electron chi connectivity index (χ0n) is 13.7. The van der Waals surface area contributed by atoms with E-state index < -0.39 is 0 Å². The first-order valence-electron chi connectivity index (χ1n) is 7.72. The van der Waals surface area contributed by atoms with E-state index in [1.807, 2.05) is 31.2 Å². The van der Waals surface area contributed by atoms with E-state index in [-0.39, 0.29) is 11.8 Å². The van der Waals surface area contributed by atoms with E-state index in [4.69, 9.17) is 4.74 Å². The van der Waals surface area contributed by atoms with Crippen molar-refractivity contribution in [3.05, 3.63) is 29.8 Å². The minimum absolute atomic E-state index is 0.0262. The third-order valence-electron chi connectivity index (χ3n) is 3.46. The van der Waals surface area contributed by atoms with E-state index in [0.717, 1.165) is 24.2 Å². The topological polar surface area (TPSA) is 58.6 Å². The van der Waals surface area contributed by atoms with Crippen LogP contribution < -0.4 is 10.1 Å². The SMILES string of the molecule is CCCC(=O)NCCN(CCc1ccc(OC)cc1)C(C)=O. The average molecular weight is 306 g/mol. The summed E-state index contributed by atoms with van der Waals surface area (Å²) in [5.41, 5.74) is 1.15. The summed E-state index contributed by atoms with van der Waals surface area (Å²) in [4.78, 5) is 24.8. The maximum Gasteiger partial charge on any atom is 0.220 e. The quantitative estimate of drug-likeness (QED) is 0.759. The third kappa shape index (κ3) is 6.61. The smallest absolute Gasteiger partial charge is 0.220 e. The lowest BCUT2D eigenvalue weighted by atomic mass is 10.1. The molecule has 0 aliphatic rings. The van der Waals surface area contributed by atoms with Crippen molar-refractivity contribution in [1.29, 1.82) is 0 Å². The highest BCUT2D eigenvalue weighted by molar-refractivity contribution is 5.76. The summed E-state index contributed by atoms with van der Waals surface area (Å²) in [6.45, 7) is 5.21. The summed E-state index contributed by atoms with van der Waals surface area (Å²) in [6.07, 6.45) is 2.15. The number of carbonyl (C=O) groups is 2. The van der Waals surface area contributed by atoms with Gasteiger partial charge < -0.3 is 15.0 Å². The van der Waals surface area contributed by atoms with Gasteiger partial charge in [-0.1, -0.05) is 19.1 Å². The summed E-state index contributed by atoms with van der Waals surface area (Å²) >= 11 is 0. The highest BCUT2D eigenvalue weighted by Gasteiger charge is 2.09. The number of hydrogen-bond acceptors (Lipinski definition) is 3. The van der Waals surface area contributed by atoms with Gasteiger partial charge in [0.25, 0.3) is 0 Å². The van der Waals surface area contributed by atoms with E-state index in [0.29, 0.717) is 26.1 Å². The Balaban J connectivity index is 2.40. The molecule has 0 spiro atoms. The molecule has 5 nitrogen and oxygen atoms in total. The Morgan fingerprint density at radius 3 is 2.41 bits per heavy atom. The molecule has 0 radical (unpaired) electrons. The fraction of sp³-hybridized carbons (Fsp3) is 0.529. The van der Waals surface area contributed by atoms with Crippen LogP contribution in [0.1, 0.15) is 32.3 Å². The van der Waals surface area contributed by atoms with Crippen LogP contribution in [0.15, 0.2) is 24.3 Å². The number of methoxy groups -OCH3 is 1. The standard InChI is InChI=1S/C17H26N2O3/c1-4-5-17(21)18-11-13-19(14(2)20)12-10-15-6-8-16(22-3)9-7-15/h6-9H,4-5,10-13H2,1-3H3,(H,18,21). The van der Waals surface area contributed by atoms with Gasteiger partial charge in [-0.15, -0.1) is 0 Å². The Hall–Kier alpha value is -2.04. The summed E-state index contributed by atoms with van der Waals surface area (Å²) in [6, 6.07) is 7.83. The summed E-state index contributed by atoms with van der Waals surface area (Å²) < 4.78 is 5.12. The van der Waals surface area contributed by atoms with E-state index in [1.165, 1.54) is 0 Å². The second kappa shape index (κ2) is 9.82. The second-order valence-electron chi connectivity index (χ2n) is 5.20. The van der Waals surface area contributed by atoms with Gasteiger partial charge in [-0.25, -0.2) is 0 Å². The van der Waals surface area contributed by atoms with Gasteiger partial charge in [0.1, 0.15) is 5.75 Å². The number of nitrogens with zero attached hydrogens (tertiary/aromatic N) is 1. The van der Waals surface area contributed by atoms with E-state index in [2.05, 4.69) is 5.32 Å². The molecule has 22 heavy (non-hydrogen) atoms. The van der Waals surface area contributed by atoms with Crippen molar-refractivity contribution in [2.45, 2.75) is 33.1 Å². The van der Waals surface area contributed by atoms with Crippen LogP contribution in [0.2, 0.25) is 0 Å². The summed E-state index contributed by atoms with van der Waals surface area (Å²) in [5, 5.41) is 2.83. The molecule has 1 aromatic carbocycles. The fourth-order valence-electron chi connectivity index (χ4n) is 2.13. The van der Waals surface area contributed by atoms with Crippen molar-refractivity contribution < 1.29 is 14.3 Å². The number of ether oxygens (including phenoxy) is 1. The molecule has 0 atom stereocenters. The van der Waals surface area contributed by atoms with Gasteiger partial charge in [0, 0.05) is 33.0 Å². The molecule has 0 heterocycles. The maximum absolute atomic E-state index is 11.7. The Labute approximate surface area is 132 Å². The molecule has 1 rings (SSSR count). The number of nitrogens with one attached hydrogen (secondary N) is 1. The molecule has 1 aromatic rings. The van der Waals surface area contributed by atoms with E-state index in [9.17, 15) is 9.59 Å². The van der Waals surface area contributed by atoms with Crippen molar-refractivity contribution in [2.24, 2.45) is 0 Å². The van der Waals surface area contributed by atoms with Crippen LogP contribution in [0, 0.1) is 0 Å². The molecule has 1 N–H and O–H groups in total. The Kier molecular flexibility index (Phi) is 8.04. The largest absolute Gasteiger partial charge is 0.497 e. The van der Waals surface area contributed by atoms with E-state index >= 15 is 0 Å². The highest BCUT2D eigenvalue weighted by atomic mass is 16.5. The van der Waals surface area contributed by atoms with Crippen LogP contribution in [0.4, 0.5) is 0 Å². The van der Waals surface area contributed by atoms with Crippen LogP contribution >= 0.6 is 0 Å². The predicted molar refractivity (Wildman–Crippen MR) is 86.9 cm³/mol. The summed E-state index contributed by atoms with van der Waals surface area (Å²) in [7, 11) is 1.64. The number of benzene rings is 1. The molecule has 0 fully saturated rings. The second-order valence-corrected chi connectivity index (χ2v) is 5.20. The first kappa shape index (κ1) is 18.0. The van der Waals surface area contributed by atoms with Crippen molar-refractivity contribution >= 4 is 11.8 Å². The molecular weight excluding hydrogens is 280 g/mol. The lowest BCUT2D eigenvalue weighted by Gasteiger charge is -2.21. The Morgan fingerprint density at radius 2 is 1.86 bits per heavy atom. The van der Waals surface area contributed by atoms with Crippen molar-refractivity contribution in [3.8, 4) is 5.75 Å². The third-order valence-corrected chi connectivity index (χ3v) is 3.46. The molecule has 0 saturated carbocycles. The maximum atomic E-state index is 11.7. The Bertz CT molecular complexity index is 471. The zero-order chi connectivity index (χ0) is 16.4. The van der Waals surface area contributed by atoms with Crippen LogP contribution in [-0.2, 0) is 16.0 Å². The van der Waals surface area contributed by atoms with E-state index in [1.54, 1.807) is 18.9 Å². The van der Waals surface area contributed by atoms with Gasteiger partial charge in [0.15, 0.2) is 0 Å². The van der Waals surface area contributed by atoms with Crippen LogP contribution in [0.25, 0.3) is 0 Å². The van der Waals surface area contributed by atoms with Gasteiger partial charge in [0.05, 0.1) is 7.11 Å². The predicted octanol–water partition coefficient (Wildman–Crippen LogP) is 2.00. The van der Waals surface area contributed by atoms with Crippen molar-refractivity contribution in [2.75, 3.05) is 26.7 Å². The molecule has 0 aliphatic heterocycles. The highest BCUT2D eigenvalue weighted by Crippen LogP contribution is 2.12. The number of hydrogen-bond donors (Lipinski definition) is 1. The van der Waals surface area contributed by atoms with Crippen LogP contribution in [0.5, 0.6) is 5.75 Å². The molecule has 0 aromatic heterocycles. The minimum Gasteiger partial charge on any atom is -0.497 e. The molecule has 2 amide bonds. The molecule has 0 saturated heterocycles. The van der Waals surface area contributed by atoms with Gasteiger partial charge in [0.2, 0.25) is 11.8 Å². The molecule has 0 unspecified atom stereocenters. The minimum atomic E-state index is 0.0262. The zero-order valence-corrected chi connectivity index (χ0v) is 13.7. The molecule has 0 aliphatic carbocycles. The van der Waals surface area contributed by atoms with Gasteiger partial charge in [-0.05, 0) is 30.5 Å². The van der Waals surface area contributed by atoms with Gasteiger partial charge >= 0.3 is 0 Å². The number of rotatable bonds is 9. The normalized spacial score (nSPS) is 10.1. The van der Waals surface area contributed by atoms with Gasteiger partial charge in [-0.3, -0.25) is 9.59 Å². The van der Waals surface area contributed by atoms with Crippen molar-refractivity contribution in [3.63, 3.8) is 0 Å². The van der Waals surface area contributed by atoms with Crippen LogP contribution in [-0.4, -0.2) is 43.5 Å². The lowest BCUT2D eigenvalue weighted by molar-refractivity contribution is -0.129. The molecule has 0 bridgehead atoms. The number of carbonyl (C=O) groups excluding carboxylic acids is 2. The number of amides is 2. The van der Waals surface area contributed by atoms with Gasteiger partial charge in [-0.2, -0.15) is 0 Å². The molecular formula is C17H26N2O3. The monoisotopic (exact) mass is 306 g/mol.